The summed E-state index contributed by atoms with van der Waals surface area (Å²) in [6.07, 6.45) is 0. The molecule has 0 unspecified atom stereocenters. The third-order valence-corrected chi connectivity index (χ3v) is 3.34. The van der Waals surface area contributed by atoms with Crippen molar-refractivity contribution in [3.63, 3.8) is 0 Å². The van der Waals surface area contributed by atoms with Crippen LogP contribution in [-0.4, -0.2) is 11.0 Å². The molecule has 1 aliphatic heterocycles. The van der Waals surface area contributed by atoms with Crippen LogP contribution in [0.3, 0.4) is 0 Å². The number of aromatic hydroxyl groups is 1. The molecule has 0 bridgehead atoms. The van der Waals surface area contributed by atoms with Gasteiger partial charge in [0.05, 0.1) is 12.2 Å². The Bertz CT molecular complexity index is 682. The quantitative estimate of drug-likeness (QED) is 0.853. The minimum absolute atomic E-state index is 0.0702. The molecule has 4 heteroatoms. The van der Waals surface area contributed by atoms with Gasteiger partial charge in [0.1, 0.15) is 11.6 Å². The highest BCUT2D eigenvalue weighted by Gasteiger charge is 2.31. The van der Waals surface area contributed by atoms with E-state index < -0.39 is 5.82 Å². The zero-order chi connectivity index (χ0) is 13.6. The van der Waals surface area contributed by atoms with E-state index in [1.54, 1.807) is 31.2 Å². The Morgan fingerprint density at radius 2 is 2.05 bits per heavy atom. The van der Waals surface area contributed by atoms with Crippen LogP contribution in [0, 0.1) is 12.7 Å². The molecule has 0 fully saturated rings. The smallest absolute Gasteiger partial charge is 0.259 e. The number of fused-ring (bicyclic) bond motifs is 1. The first kappa shape index (κ1) is 11.7. The maximum absolute atomic E-state index is 13.9. The van der Waals surface area contributed by atoms with Gasteiger partial charge in [0.15, 0.2) is 0 Å². The standard InChI is InChI=1S/C15H12FNO2/c1-9-5-6-13(12(16)7-9)17-8-11-10(15(17)19)3-2-4-14(11)18/h2-7,18H,8H2,1H3. The Morgan fingerprint density at radius 1 is 1.26 bits per heavy atom. The average Bonchev–Trinajstić information content (AvgIpc) is 2.69. The molecule has 1 N–H and O–H groups in total. The largest absolute Gasteiger partial charge is 0.508 e. The van der Waals surface area contributed by atoms with Gasteiger partial charge in [-0.05, 0) is 36.8 Å². The van der Waals surface area contributed by atoms with Gasteiger partial charge in [-0.3, -0.25) is 4.79 Å². The van der Waals surface area contributed by atoms with Crippen molar-refractivity contribution in [3.05, 3.63) is 58.9 Å². The number of rotatable bonds is 1. The van der Waals surface area contributed by atoms with Gasteiger partial charge in [0, 0.05) is 11.1 Å². The van der Waals surface area contributed by atoms with Crippen LogP contribution >= 0.6 is 0 Å². The summed E-state index contributed by atoms with van der Waals surface area (Å²) in [5, 5.41) is 9.75. The molecule has 0 atom stereocenters. The van der Waals surface area contributed by atoms with Crippen molar-refractivity contribution in [2.75, 3.05) is 4.90 Å². The summed E-state index contributed by atoms with van der Waals surface area (Å²) in [5.74, 6) is -0.643. The van der Waals surface area contributed by atoms with Gasteiger partial charge in [-0.15, -0.1) is 0 Å². The van der Waals surface area contributed by atoms with Crippen molar-refractivity contribution in [1.82, 2.24) is 0 Å². The number of benzene rings is 2. The molecular formula is C15H12FNO2. The molecule has 2 aromatic carbocycles. The molecule has 3 rings (SSSR count). The number of hydrogen-bond acceptors (Lipinski definition) is 2. The van der Waals surface area contributed by atoms with Crippen LogP contribution in [0.25, 0.3) is 0 Å². The number of hydrogen-bond donors (Lipinski definition) is 1. The second-order valence-electron chi connectivity index (χ2n) is 4.65. The molecule has 0 saturated carbocycles. The van der Waals surface area contributed by atoms with Gasteiger partial charge in [-0.2, -0.15) is 0 Å². The lowest BCUT2D eigenvalue weighted by Crippen LogP contribution is -2.24. The van der Waals surface area contributed by atoms with Crippen molar-refractivity contribution in [2.45, 2.75) is 13.5 Å². The first-order valence-electron chi connectivity index (χ1n) is 5.97. The number of phenols is 1. The van der Waals surface area contributed by atoms with E-state index in [4.69, 9.17) is 0 Å². The van der Waals surface area contributed by atoms with Crippen LogP contribution in [0.4, 0.5) is 10.1 Å². The number of nitrogens with zero attached hydrogens (tertiary/aromatic N) is 1. The SMILES string of the molecule is Cc1ccc(N2Cc3c(O)cccc3C2=O)c(F)c1. The van der Waals surface area contributed by atoms with Gasteiger partial charge in [0.25, 0.3) is 5.91 Å². The van der Waals surface area contributed by atoms with Crippen LogP contribution in [0.5, 0.6) is 5.75 Å². The van der Waals surface area contributed by atoms with E-state index in [1.807, 2.05) is 0 Å². The third kappa shape index (κ3) is 1.76. The zero-order valence-electron chi connectivity index (χ0n) is 10.4. The number of carbonyl (C=O) groups excluding carboxylic acids is 1. The fourth-order valence-electron chi connectivity index (χ4n) is 2.34. The maximum atomic E-state index is 13.9. The Morgan fingerprint density at radius 3 is 2.74 bits per heavy atom. The number of carbonyl (C=O) groups is 1. The molecule has 0 spiro atoms. The highest BCUT2D eigenvalue weighted by Crippen LogP contribution is 2.34. The van der Waals surface area contributed by atoms with Gasteiger partial charge in [-0.1, -0.05) is 12.1 Å². The Labute approximate surface area is 109 Å². The van der Waals surface area contributed by atoms with E-state index in [2.05, 4.69) is 0 Å². The predicted octanol–water partition coefficient (Wildman–Crippen LogP) is 3.00. The van der Waals surface area contributed by atoms with Crippen molar-refractivity contribution in [1.29, 1.82) is 0 Å². The maximum Gasteiger partial charge on any atom is 0.259 e. The average molecular weight is 257 g/mol. The minimum Gasteiger partial charge on any atom is -0.508 e. The predicted molar refractivity (Wildman–Crippen MR) is 69.8 cm³/mol. The zero-order valence-corrected chi connectivity index (χ0v) is 10.4. The Kier molecular flexibility index (Phi) is 2.52. The first-order chi connectivity index (χ1) is 9.08. The van der Waals surface area contributed by atoms with Gasteiger partial charge in [-0.25, -0.2) is 4.39 Å². The fraction of sp³-hybridized carbons (Fsp3) is 0.133. The molecule has 0 aliphatic carbocycles. The van der Waals surface area contributed by atoms with Crippen LogP contribution in [0.1, 0.15) is 21.5 Å². The Hall–Kier alpha value is -2.36. The number of halogens is 1. The van der Waals surface area contributed by atoms with Gasteiger partial charge < -0.3 is 10.0 Å². The summed E-state index contributed by atoms with van der Waals surface area (Å²) in [4.78, 5) is 13.6. The number of amides is 1. The fourth-order valence-corrected chi connectivity index (χ4v) is 2.34. The summed E-state index contributed by atoms with van der Waals surface area (Å²) in [6.45, 7) is 1.99. The summed E-state index contributed by atoms with van der Waals surface area (Å²) >= 11 is 0. The molecule has 0 saturated heterocycles. The molecule has 1 heterocycles. The second kappa shape index (κ2) is 4.09. The number of anilines is 1. The monoisotopic (exact) mass is 257 g/mol. The van der Waals surface area contributed by atoms with Gasteiger partial charge >= 0.3 is 0 Å². The lowest BCUT2D eigenvalue weighted by molar-refractivity contribution is 0.0995. The molecular weight excluding hydrogens is 245 g/mol. The minimum atomic E-state index is -0.430. The lowest BCUT2D eigenvalue weighted by Gasteiger charge is -2.16. The molecule has 1 aliphatic rings. The molecule has 96 valence electrons. The second-order valence-corrected chi connectivity index (χ2v) is 4.65. The van der Waals surface area contributed by atoms with E-state index in [0.29, 0.717) is 11.1 Å². The Balaban J connectivity index is 2.06. The van der Waals surface area contributed by atoms with Crippen LogP contribution in [0.15, 0.2) is 36.4 Å². The number of aryl methyl sites for hydroxylation is 1. The lowest BCUT2D eigenvalue weighted by atomic mass is 10.1. The van der Waals surface area contributed by atoms with E-state index in [1.165, 1.54) is 17.0 Å². The highest BCUT2D eigenvalue weighted by molar-refractivity contribution is 6.10. The van der Waals surface area contributed by atoms with E-state index in [-0.39, 0.29) is 23.9 Å². The summed E-state index contributed by atoms with van der Waals surface area (Å²) in [5.41, 5.74) is 2.02. The summed E-state index contributed by atoms with van der Waals surface area (Å²) < 4.78 is 13.9. The third-order valence-electron chi connectivity index (χ3n) is 3.34. The first-order valence-corrected chi connectivity index (χ1v) is 5.97. The van der Waals surface area contributed by atoms with Gasteiger partial charge in [0.2, 0.25) is 0 Å². The molecule has 0 radical (unpaired) electrons. The molecule has 1 amide bonds. The van der Waals surface area contributed by atoms with Crippen molar-refractivity contribution in [3.8, 4) is 5.75 Å². The highest BCUT2D eigenvalue weighted by atomic mass is 19.1. The molecule has 19 heavy (non-hydrogen) atoms. The molecule has 3 nitrogen and oxygen atoms in total. The van der Waals surface area contributed by atoms with E-state index >= 15 is 0 Å². The number of phenolic OH excluding ortho intramolecular Hbond substituents is 1. The van der Waals surface area contributed by atoms with Crippen LogP contribution in [0.2, 0.25) is 0 Å². The summed E-state index contributed by atoms with van der Waals surface area (Å²) in [7, 11) is 0. The van der Waals surface area contributed by atoms with E-state index in [9.17, 15) is 14.3 Å². The van der Waals surface area contributed by atoms with E-state index in [0.717, 1.165) is 5.56 Å². The molecule has 2 aromatic rings. The van der Waals surface area contributed by atoms with Crippen molar-refractivity contribution in [2.24, 2.45) is 0 Å². The van der Waals surface area contributed by atoms with Crippen LogP contribution < -0.4 is 4.90 Å². The topological polar surface area (TPSA) is 40.5 Å². The van der Waals surface area contributed by atoms with Crippen LogP contribution in [-0.2, 0) is 6.54 Å². The van der Waals surface area contributed by atoms with Crippen molar-refractivity contribution < 1.29 is 14.3 Å². The normalized spacial score (nSPS) is 13.8. The summed E-state index contributed by atoms with van der Waals surface area (Å²) in [6, 6.07) is 9.52. The molecule has 0 aromatic heterocycles. The van der Waals surface area contributed by atoms with Crippen molar-refractivity contribution >= 4 is 11.6 Å².